The van der Waals surface area contributed by atoms with Crippen LogP contribution in [-0.4, -0.2) is 19.3 Å². The molecule has 2 heterocycles. The molecule has 2 aromatic heterocycles. The molecule has 0 amide bonds. The summed E-state index contributed by atoms with van der Waals surface area (Å²) in [6.45, 7) is 4.03. The van der Waals surface area contributed by atoms with Gasteiger partial charge in [0.25, 0.3) is 5.56 Å². The lowest BCUT2D eigenvalue weighted by Gasteiger charge is -2.08. The van der Waals surface area contributed by atoms with Gasteiger partial charge in [-0.15, -0.1) is 0 Å². The van der Waals surface area contributed by atoms with Gasteiger partial charge in [0, 0.05) is 12.4 Å². The highest BCUT2D eigenvalue weighted by atomic mass is 16.1. The standard InChI is InChI=1S/C21H21N5O/c1-4-15-10-11-18-17(12-15)20(23-13-22-18)24-19-14(2)25(3)26(21(19)27)16-8-6-5-7-9-16/h5-13H,4H2,1-3H3,(H,22,23,24). The lowest BCUT2D eigenvalue weighted by Crippen LogP contribution is -2.20. The molecule has 136 valence electrons. The maximum Gasteiger partial charge on any atom is 0.295 e. The Hall–Kier alpha value is -3.41. The van der Waals surface area contributed by atoms with E-state index in [1.54, 1.807) is 4.68 Å². The van der Waals surface area contributed by atoms with E-state index < -0.39 is 0 Å². The fourth-order valence-corrected chi connectivity index (χ4v) is 3.25. The van der Waals surface area contributed by atoms with E-state index in [1.165, 1.54) is 11.9 Å². The van der Waals surface area contributed by atoms with E-state index >= 15 is 0 Å². The maximum absolute atomic E-state index is 13.1. The largest absolute Gasteiger partial charge is 0.334 e. The highest BCUT2D eigenvalue weighted by molar-refractivity contribution is 5.91. The third-order valence-corrected chi connectivity index (χ3v) is 4.91. The molecule has 27 heavy (non-hydrogen) atoms. The summed E-state index contributed by atoms with van der Waals surface area (Å²) in [6, 6.07) is 15.7. The van der Waals surface area contributed by atoms with Crippen LogP contribution in [0.15, 0.2) is 59.7 Å². The predicted molar refractivity (Wildman–Crippen MR) is 108 cm³/mol. The molecule has 0 aliphatic carbocycles. The van der Waals surface area contributed by atoms with Crippen LogP contribution in [0.2, 0.25) is 0 Å². The molecule has 0 spiro atoms. The Morgan fingerprint density at radius 2 is 1.85 bits per heavy atom. The molecule has 0 unspecified atom stereocenters. The normalized spacial score (nSPS) is 11.1. The van der Waals surface area contributed by atoms with Crippen molar-refractivity contribution in [1.29, 1.82) is 0 Å². The first-order chi connectivity index (χ1) is 13.1. The van der Waals surface area contributed by atoms with Crippen LogP contribution in [0.3, 0.4) is 0 Å². The second-order valence-corrected chi connectivity index (χ2v) is 6.49. The van der Waals surface area contributed by atoms with Crippen LogP contribution in [0.25, 0.3) is 16.6 Å². The van der Waals surface area contributed by atoms with Gasteiger partial charge in [-0.2, -0.15) is 0 Å². The molecule has 0 fully saturated rings. The molecule has 1 N–H and O–H groups in total. The molecule has 6 heteroatoms. The van der Waals surface area contributed by atoms with Gasteiger partial charge in [-0.05, 0) is 43.2 Å². The van der Waals surface area contributed by atoms with E-state index in [0.717, 1.165) is 28.7 Å². The summed E-state index contributed by atoms with van der Waals surface area (Å²) in [5, 5.41) is 4.17. The summed E-state index contributed by atoms with van der Waals surface area (Å²) in [4.78, 5) is 21.8. The van der Waals surface area contributed by atoms with Crippen LogP contribution in [0.5, 0.6) is 0 Å². The lowest BCUT2D eigenvalue weighted by molar-refractivity contribution is 0.630. The zero-order valence-corrected chi connectivity index (χ0v) is 15.6. The van der Waals surface area contributed by atoms with Gasteiger partial charge in [0.1, 0.15) is 17.8 Å². The van der Waals surface area contributed by atoms with Crippen molar-refractivity contribution in [3.05, 3.63) is 76.5 Å². The smallest absolute Gasteiger partial charge is 0.295 e. The molecule has 0 aliphatic heterocycles. The molecule has 2 aromatic carbocycles. The molecule has 4 aromatic rings. The minimum absolute atomic E-state index is 0.111. The number of hydrogen-bond acceptors (Lipinski definition) is 4. The fourth-order valence-electron chi connectivity index (χ4n) is 3.25. The molecule has 0 bridgehead atoms. The zero-order valence-electron chi connectivity index (χ0n) is 15.6. The van der Waals surface area contributed by atoms with Crippen molar-refractivity contribution in [3.8, 4) is 5.69 Å². The van der Waals surface area contributed by atoms with Gasteiger partial charge in [0.2, 0.25) is 0 Å². The predicted octanol–water partition coefficient (Wildman–Crippen LogP) is 3.73. The topological polar surface area (TPSA) is 64.7 Å². The number of nitrogens with zero attached hydrogens (tertiary/aromatic N) is 4. The van der Waals surface area contributed by atoms with Crippen molar-refractivity contribution in [2.45, 2.75) is 20.3 Å². The van der Waals surface area contributed by atoms with E-state index in [9.17, 15) is 4.79 Å². The average Bonchev–Trinajstić information content (AvgIpc) is 2.91. The van der Waals surface area contributed by atoms with Gasteiger partial charge in [-0.25, -0.2) is 14.6 Å². The highest BCUT2D eigenvalue weighted by Gasteiger charge is 2.17. The fraction of sp³-hybridized carbons (Fsp3) is 0.190. The Morgan fingerprint density at radius 1 is 1.07 bits per heavy atom. The number of anilines is 2. The second kappa shape index (κ2) is 6.72. The van der Waals surface area contributed by atoms with Crippen molar-refractivity contribution in [2.75, 3.05) is 5.32 Å². The monoisotopic (exact) mass is 359 g/mol. The number of benzene rings is 2. The number of para-hydroxylation sites is 1. The molecular formula is C21H21N5O. The van der Waals surface area contributed by atoms with Crippen LogP contribution in [0.4, 0.5) is 11.5 Å². The van der Waals surface area contributed by atoms with Crippen molar-refractivity contribution < 1.29 is 0 Å². The molecule has 0 saturated heterocycles. The van der Waals surface area contributed by atoms with Crippen molar-refractivity contribution in [3.63, 3.8) is 0 Å². The summed E-state index contributed by atoms with van der Waals surface area (Å²) >= 11 is 0. The van der Waals surface area contributed by atoms with E-state index in [0.29, 0.717) is 11.5 Å². The summed E-state index contributed by atoms with van der Waals surface area (Å²) in [7, 11) is 1.88. The number of hydrogen-bond donors (Lipinski definition) is 1. The number of nitrogens with one attached hydrogen (secondary N) is 1. The zero-order chi connectivity index (χ0) is 19.0. The van der Waals surface area contributed by atoms with Crippen LogP contribution in [0, 0.1) is 6.92 Å². The van der Waals surface area contributed by atoms with E-state index in [4.69, 9.17) is 0 Å². The van der Waals surface area contributed by atoms with Crippen LogP contribution < -0.4 is 10.9 Å². The van der Waals surface area contributed by atoms with Crippen LogP contribution >= 0.6 is 0 Å². The highest BCUT2D eigenvalue weighted by Crippen LogP contribution is 2.25. The SMILES string of the molecule is CCc1ccc2ncnc(Nc3c(C)n(C)n(-c4ccccc4)c3=O)c2c1. The van der Waals surface area contributed by atoms with E-state index in [-0.39, 0.29) is 5.56 Å². The molecule has 6 nitrogen and oxygen atoms in total. The van der Waals surface area contributed by atoms with E-state index in [1.807, 2.05) is 55.1 Å². The number of rotatable bonds is 4. The van der Waals surface area contributed by atoms with Crippen LogP contribution in [-0.2, 0) is 13.5 Å². The van der Waals surface area contributed by atoms with E-state index in [2.05, 4.69) is 34.3 Å². The third kappa shape index (κ3) is 2.89. The molecule has 0 saturated carbocycles. The molecule has 0 aliphatic rings. The quantitative estimate of drug-likeness (QED) is 0.603. The minimum Gasteiger partial charge on any atom is -0.334 e. The number of aryl methyl sites for hydroxylation is 1. The van der Waals surface area contributed by atoms with Gasteiger partial charge < -0.3 is 5.32 Å². The van der Waals surface area contributed by atoms with Gasteiger partial charge in [-0.3, -0.25) is 9.48 Å². The Kier molecular flexibility index (Phi) is 4.24. The van der Waals surface area contributed by atoms with Crippen molar-refractivity contribution in [2.24, 2.45) is 7.05 Å². The van der Waals surface area contributed by atoms with Crippen LogP contribution in [0.1, 0.15) is 18.2 Å². The first-order valence-electron chi connectivity index (χ1n) is 8.95. The Labute approximate surface area is 157 Å². The van der Waals surface area contributed by atoms with Gasteiger partial charge in [-0.1, -0.05) is 31.2 Å². The van der Waals surface area contributed by atoms with Crippen molar-refractivity contribution in [1.82, 2.24) is 19.3 Å². The average molecular weight is 359 g/mol. The van der Waals surface area contributed by atoms with Gasteiger partial charge >= 0.3 is 0 Å². The lowest BCUT2D eigenvalue weighted by atomic mass is 10.1. The molecule has 0 atom stereocenters. The second-order valence-electron chi connectivity index (χ2n) is 6.49. The summed E-state index contributed by atoms with van der Waals surface area (Å²) in [5.41, 5.74) is 4.11. The third-order valence-electron chi connectivity index (χ3n) is 4.91. The first-order valence-corrected chi connectivity index (χ1v) is 8.95. The summed E-state index contributed by atoms with van der Waals surface area (Å²) in [5.74, 6) is 0.640. The number of aromatic nitrogens is 4. The number of fused-ring (bicyclic) bond motifs is 1. The Bertz CT molecular complexity index is 1170. The van der Waals surface area contributed by atoms with Gasteiger partial charge in [0.15, 0.2) is 0 Å². The molecule has 0 radical (unpaired) electrons. The first kappa shape index (κ1) is 17.0. The Balaban J connectivity index is 1.85. The van der Waals surface area contributed by atoms with Gasteiger partial charge in [0.05, 0.1) is 16.9 Å². The minimum atomic E-state index is -0.111. The molecule has 4 rings (SSSR count). The van der Waals surface area contributed by atoms with Crippen molar-refractivity contribution >= 4 is 22.4 Å². The summed E-state index contributed by atoms with van der Waals surface area (Å²) < 4.78 is 3.50. The summed E-state index contributed by atoms with van der Waals surface area (Å²) in [6.07, 6.45) is 2.44. The Morgan fingerprint density at radius 3 is 2.59 bits per heavy atom. The maximum atomic E-state index is 13.1. The molecular weight excluding hydrogens is 338 g/mol.